The van der Waals surface area contributed by atoms with E-state index < -0.39 is 0 Å². The van der Waals surface area contributed by atoms with E-state index in [0.717, 1.165) is 20.5 Å². The molecule has 0 bridgehead atoms. The fourth-order valence-corrected chi connectivity index (χ4v) is 3.75. The highest BCUT2D eigenvalue weighted by Gasteiger charge is 2.18. The average Bonchev–Trinajstić information content (AvgIpc) is 2.30. The first-order chi connectivity index (χ1) is 7.72. The Morgan fingerprint density at radius 3 is 2.56 bits per heavy atom. The van der Waals surface area contributed by atoms with Gasteiger partial charge in [-0.15, -0.1) is 23.5 Å². The van der Waals surface area contributed by atoms with Crippen molar-refractivity contribution in [2.24, 2.45) is 0 Å². The van der Waals surface area contributed by atoms with Gasteiger partial charge in [0.05, 0.1) is 5.57 Å². The van der Waals surface area contributed by atoms with Crippen LogP contribution in [-0.2, 0) is 0 Å². The highest BCUT2D eigenvalue weighted by Crippen LogP contribution is 2.44. The van der Waals surface area contributed by atoms with Crippen molar-refractivity contribution < 1.29 is 0 Å². The molecule has 16 heavy (non-hydrogen) atoms. The van der Waals surface area contributed by atoms with E-state index in [9.17, 15) is 0 Å². The molecule has 0 N–H and O–H groups in total. The monoisotopic (exact) mass is 265 g/mol. The van der Waals surface area contributed by atoms with Crippen molar-refractivity contribution in [3.05, 3.63) is 51.9 Å². The summed E-state index contributed by atoms with van der Waals surface area (Å²) in [5, 5.41) is 10.7. The van der Waals surface area contributed by atoms with Gasteiger partial charge in [-0.1, -0.05) is 30.3 Å². The quantitative estimate of drug-likeness (QED) is 0.746. The minimum absolute atomic E-state index is 0.684. The van der Waals surface area contributed by atoms with Gasteiger partial charge in [0.2, 0.25) is 0 Å². The van der Waals surface area contributed by atoms with Gasteiger partial charge in [-0.2, -0.15) is 5.26 Å². The van der Waals surface area contributed by atoms with Gasteiger partial charge in [0.1, 0.15) is 6.07 Å². The lowest BCUT2D eigenvalue weighted by molar-refractivity contribution is 1.49. The minimum Gasteiger partial charge on any atom is -0.192 e. The van der Waals surface area contributed by atoms with Gasteiger partial charge >= 0.3 is 0 Å². The SMILES string of the molecule is C=C1SCSC(c2ccc(Cl)cc2)=C1C#N. The molecule has 0 amide bonds. The largest absolute Gasteiger partial charge is 0.192 e. The normalized spacial score (nSPS) is 16.1. The van der Waals surface area contributed by atoms with Gasteiger partial charge in [0.15, 0.2) is 0 Å². The van der Waals surface area contributed by atoms with Crippen LogP contribution >= 0.6 is 35.1 Å². The Morgan fingerprint density at radius 1 is 1.25 bits per heavy atom. The van der Waals surface area contributed by atoms with E-state index in [1.807, 2.05) is 24.3 Å². The highest BCUT2D eigenvalue weighted by molar-refractivity contribution is 8.22. The molecular weight excluding hydrogens is 258 g/mol. The van der Waals surface area contributed by atoms with Crippen LogP contribution in [0, 0.1) is 11.3 Å². The fraction of sp³-hybridized carbons (Fsp3) is 0.0833. The standard InChI is InChI=1S/C12H8ClNS2/c1-8-11(6-14)12(16-7-15-8)9-2-4-10(13)5-3-9/h2-5H,1,7H2. The lowest BCUT2D eigenvalue weighted by atomic mass is 10.1. The smallest absolute Gasteiger partial charge is 0.101 e. The summed E-state index contributed by atoms with van der Waals surface area (Å²) < 4.78 is 0. The third-order valence-corrected chi connectivity index (χ3v) is 4.64. The number of hydrogen-bond acceptors (Lipinski definition) is 3. The molecule has 0 unspecified atom stereocenters. The third-order valence-electron chi connectivity index (χ3n) is 2.16. The average molecular weight is 266 g/mol. The zero-order valence-corrected chi connectivity index (χ0v) is 10.8. The van der Waals surface area contributed by atoms with Gasteiger partial charge in [-0.25, -0.2) is 0 Å². The summed E-state index contributed by atoms with van der Waals surface area (Å²) in [6.45, 7) is 3.90. The first kappa shape index (κ1) is 11.7. The molecule has 0 fully saturated rings. The first-order valence-electron chi connectivity index (χ1n) is 4.57. The van der Waals surface area contributed by atoms with Gasteiger partial charge in [-0.3, -0.25) is 0 Å². The van der Waals surface area contributed by atoms with E-state index in [0.29, 0.717) is 10.6 Å². The Hall–Kier alpha value is -0.820. The van der Waals surface area contributed by atoms with E-state index in [1.165, 1.54) is 0 Å². The molecule has 4 heteroatoms. The molecule has 1 nitrogen and oxygen atoms in total. The molecule has 0 atom stereocenters. The molecule has 0 saturated heterocycles. The van der Waals surface area contributed by atoms with Crippen LogP contribution in [0.3, 0.4) is 0 Å². The molecule has 0 aliphatic carbocycles. The molecule has 0 spiro atoms. The second-order valence-electron chi connectivity index (χ2n) is 3.15. The summed E-state index contributed by atoms with van der Waals surface area (Å²) in [7, 11) is 0. The minimum atomic E-state index is 0.684. The van der Waals surface area contributed by atoms with Crippen molar-refractivity contribution >= 4 is 40.0 Å². The summed E-state index contributed by atoms with van der Waals surface area (Å²) in [5.74, 6) is 0. The van der Waals surface area contributed by atoms with Gasteiger partial charge in [0.25, 0.3) is 0 Å². The van der Waals surface area contributed by atoms with E-state index in [4.69, 9.17) is 16.9 Å². The summed E-state index contributed by atoms with van der Waals surface area (Å²) in [6, 6.07) is 9.77. The number of rotatable bonds is 1. The van der Waals surface area contributed by atoms with Crippen molar-refractivity contribution in [1.29, 1.82) is 5.26 Å². The zero-order valence-electron chi connectivity index (χ0n) is 8.37. The number of thioether (sulfide) groups is 2. The molecule has 2 rings (SSSR count). The molecule has 1 aromatic carbocycles. The second-order valence-corrected chi connectivity index (χ2v) is 6.01. The van der Waals surface area contributed by atoms with Crippen LogP contribution in [0.25, 0.3) is 4.91 Å². The van der Waals surface area contributed by atoms with Crippen molar-refractivity contribution in [2.75, 3.05) is 5.08 Å². The van der Waals surface area contributed by atoms with Gasteiger partial charge < -0.3 is 0 Å². The molecule has 1 aromatic rings. The Bertz CT molecular complexity index is 497. The lowest BCUT2D eigenvalue weighted by Crippen LogP contribution is -1.95. The van der Waals surface area contributed by atoms with Crippen LogP contribution in [0.2, 0.25) is 5.02 Å². The molecule has 1 aliphatic rings. The Morgan fingerprint density at radius 2 is 1.94 bits per heavy atom. The van der Waals surface area contributed by atoms with Gasteiger partial charge in [0, 0.05) is 19.9 Å². The van der Waals surface area contributed by atoms with E-state index in [1.54, 1.807) is 23.5 Å². The summed E-state index contributed by atoms with van der Waals surface area (Å²) in [5.41, 5.74) is 1.72. The lowest BCUT2D eigenvalue weighted by Gasteiger charge is -2.17. The topological polar surface area (TPSA) is 23.8 Å². The Kier molecular flexibility index (Phi) is 3.65. The molecule has 0 aromatic heterocycles. The predicted molar refractivity (Wildman–Crippen MR) is 73.2 cm³/mol. The maximum Gasteiger partial charge on any atom is 0.101 e. The first-order valence-corrected chi connectivity index (χ1v) is 6.92. The Balaban J connectivity index is 2.49. The van der Waals surface area contributed by atoms with Crippen molar-refractivity contribution in [2.45, 2.75) is 0 Å². The molecule has 1 aliphatic heterocycles. The van der Waals surface area contributed by atoms with Crippen LogP contribution in [0.4, 0.5) is 0 Å². The number of nitrogens with zero attached hydrogens (tertiary/aromatic N) is 1. The van der Waals surface area contributed by atoms with Crippen molar-refractivity contribution in [3.63, 3.8) is 0 Å². The van der Waals surface area contributed by atoms with Gasteiger partial charge in [-0.05, 0) is 17.7 Å². The molecule has 0 saturated carbocycles. The van der Waals surface area contributed by atoms with Crippen molar-refractivity contribution in [3.8, 4) is 6.07 Å². The molecule has 80 valence electrons. The van der Waals surface area contributed by atoms with E-state index in [-0.39, 0.29) is 0 Å². The number of nitriles is 1. The predicted octanol–water partition coefficient (Wildman–Crippen LogP) is 4.53. The number of allylic oxidation sites excluding steroid dienone is 1. The number of hydrogen-bond donors (Lipinski definition) is 0. The summed E-state index contributed by atoms with van der Waals surface area (Å²) >= 11 is 9.13. The molecule has 0 radical (unpaired) electrons. The van der Waals surface area contributed by atoms with Crippen molar-refractivity contribution in [1.82, 2.24) is 0 Å². The second kappa shape index (κ2) is 5.01. The Labute approximate surface area is 108 Å². The van der Waals surface area contributed by atoms with Crippen LogP contribution in [-0.4, -0.2) is 5.08 Å². The number of benzene rings is 1. The summed E-state index contributed by atoms with van der Waals surface area (Å²) in [6.07, 6.45) is 0. The maximum absolute atomic E-state index is 9.13. The summed E-state index contributed by atoms with van der Waals surface area (Å²) in [4.78, 5) is 1.86. The molecule has 1 heterocycles. The zero-order chi connectivity index (χ0) is 11.5. The fourth-order valence-electron chi connectivity index (χ4n) is 1.37. The van der Waals surface area contributed by atoms with Crippen LogP contribution in [0.1, 0.15) is 5.56 Å². The maximum atomic E-state index is 9.13. The van der Waals surface area contributed by atoms with Crippen LogP contribution in [0.5, 0.6) is 0 Å². The van der Waals surface area contributed by atoms with Crippen LogP contribution < -0.4 is 0 Å². The third kappa shape index (κ3) is 2.30. The van der Waals surface area contributed by atoms with E-state index >= 15 is 0 Å². The highest BCUT2D eigenvalue weighted by atomic mass is 35.5. The molecular formula is C12H8ClNS2. The number of halogens is 1. The van der Waals surface area contributed by atoms with E-state index in [2.05, 4.69) is 12.6 Å². The van der Waals surface area contributed by atoms with Crippen LogP contribution in [0.15, 0.2) is 41.3 Å².